The van der Waals surface area contributed by atoms with Crippen LogP contribution in [0.2, 0.25) is 0 Å². The molecule has 62 valence electrons. The van der Waals surface area contributed by atoms with Crippen molar-refractivity contribution in [1.82, 2.24) is 0 Å². The maximum absolute atomic E-state index is 11.1. The molecule has 0 bridgehead atoms. The first-order chi connectivity index (χ1) is 5.68. The summed E-state index contributed by atoms with van der Waals surface area (Å²) < 4.78 is 6.01. The summed E-state index contributed by atoms with van der Waals surface area (Å²) in [6.45, 7) is 1.87. The molecule has 1 atom stereocenters. The van der Waals surface area contributed by atoms with Crippen LogP contribution in [-0.2, 0) is 4.74 Å². The standard InChI is InChI=1S/C9H7BrO2/c1-5-8-4-6(10)2-3-7(8)9(11)12-5/h2-5H,1H3. The molecule has 0 aromatic heterocycles. The molecule has 2 rings (SSSR count). The summed E-state index contributed by atoms with van der Waals surface area (Å²) in [4.78, 5) is 11.1. The number of cyclic esters (lactones) is 1. The number of halogens is 1. The molecule has 0 radical (unpaired) electrons. The van der Waals surface area contributed by atoms with Crippen LogP contribution in [0.25, 0.3) is 0 Å². The Balaban J connectivity index is 2.60. The summed E-state index contributed by atoms with van der Waals surface area (Å²) >= 11 is 3.35. The monoisotopic (exact) mass is 226 g/mol. The number of benzene rings is 1. The second-order valence-corrected chi connectivity index (χ2v) is 3.69. The van der Waals surface area contributed by atoms with Crippen LogP contribution in [0, 0.1) is 0 Å². The Morgan fingerprint density at radius 2 is 2.25 bits per heavy atom. The molecule has 1 aliphatic heterocycles. The Morgan fingerprint density at radius 1 is 1.50 bits per heavy atom. The van der Waals surface area contributed by atoms with Gasteiger partial charge in [0, 0.05) is 10.0 Å². The predicted molar refractivity (Wildman–Crippen MR) is 48.0 cm³/mol. The molecule has 12 heavy (non-hydrogen) atoms. The average Bonchev–Trinajstić information content (AvgIpc) is 2.28. The van der Waals surface area contributed by atoms with E-state index >= 15 is 0 Å². The summed E-state index contributed by atoms with van der Waals surface area (Å²) in [6.07, 6.45) is -0.106. The van der Waals surface area contributed by atoms with E-state index in [0.29, 0.717) is 5.56 Å². The average molecular weight is 227 g/mol. The first-order valence-corrected chi connectivity index (χ1v) is 4.48. The third-order valence-corrected chi connectivity index (χ3v) is 2.45. The number of hydrogen-bond acceptors (Lipinski definition) is 2. The highest BCUT2D eigenvalue weighted by molar-refractivity contribution is 9.10. The zero-order valence-electron chi connectivity index (χ0n) is 6.50. The van der Waals surface area contributed by atoms with Crippen LogP contribution in [-0.4, -0.2) is 5.97 Å². The molecule has 1 heterocycles. The van der Waals surface area contributed by atoms with Gasteiger partial charge in [-0.3, -0.25) is 0 Å². The smallest absolute Gasteiger partial charge is 0.339 e. The van der Waals surface area contributed by atoms with Gasteiger partial charge in [-0.25, -0.2) is 4.79 Å². The molecule has 0 saturated heterocycles. The van der Waals surface area contributed by atoms with E-state index in [0.717, 1.165) is 10.0 Å². The summed E-state index contributed by atoms with van der Waals surface area (Å²) in [5.41, 5.74) is 1.65. The van der Waals surface area contributed by atoms with Gasteiger partial charge in [0.05, 0.1) is 5.56 Å². The van der Waals surface area contributed by atoms with E-state index in [1.54, 1.807) is 6.07 Å². The molecular formula is C9H7BrO2. The Bertz CT molecular complexity index is 346. The summed E-state index contributed by atoms with van der Waals surface area (Å²) in [6, 6.07) is 5.55. The molecule has 0 fully saturated rings. The van der Waals surface area contributed by atoms with Crippen molar-refractivity contribution in [2.45, 2.75) is 13.0 Å². The first-order valence-electron chi connectivity index (χ1n) is 3.69. The van der Waals surface area contributed by atoms with E-state index in [4.69, 9.17) is 4.74 Å². The van der Waals surface area contributed by atoms with Gasteiger partial charge in [-0.05, 0) is 25.1 Å². The van der Waals surface area contributed by atoms with Gasteiger partial charge >= 0.3 is 5.97 Å². The van der Waals surface area contributed by atoms with Crippen molar-refractivity contribution in [3.63, 3.8) is 0 Å². The largest absolute Gasteiger partial charge is 0.454 e. The number of carbonyl (C=O) groups is 1. The highest BCUT2D eigenvalue weighted by Gasteiger charge is 2.27. The molecule has 1 aromatic rings. The van der Waals surface area contributed by atoms with Crippen LogP contribution in [0.1, 0.15) is 28.9 Å². The first kappa shape index (κ1) is 7.80. The molecule has 0 amide bonds. The molecule has 0 spiro atoms. The second-order valence-electron chi connectivity index (χ2n) is 2.78. The fraction of sp³-hybridized carbons (Fsp3) is 0.222. The van der Waals surface area contributed by atoms with Crippen molar-refractivity contribution in [1.29, 1.82) is 0 Å². The van der Waals surface area contributed by atoms with Crippen LogP contribution in [0.5, 0.6) is 0 Å². The topological polar surface area (TPSA) is 26.3 Å². The van der Waals surface area contributed by atoms with Crippen molar-refractivity contribution in [3.8, 4) is 0 Å². The van der Waals surface area contributed by atoms with E-state index in [-0.39, 0.29) is 12.1 Å². The number of hydrogen-bond donors (Lipinski definition) is 0. The van der Waals surface area contributed by atoms with Crippen LogP contribution in [0.3, 0.4) is 0 Å². The lowest BCUT2D eigenvalue weighted by molar-refractivity contribution is 0.0422. The molecule has 0 N–H and O–H groups in total. The minimum Gasteiger partial charge on any atom is -0.454 e. The quantitative estimate of drug-likeness (QED) is 0.637. The lowest BCUT2D eigenvalue weighted by Crippen LogP contribution is -1.93. The molecular weight excluding hydrogens is 220 g/mol. The second kappa shape index (κ2) is 2.59. The Labute approximate surface area is 78.7 Å². The van der Waals surface area contributed by atoms with Gasteiger partial charge in [0.25, 0.3) is 0 Å². The molecule has 0 aliphatic carbocycles. The van der Waals surface area contributed by atoms with Crippen molar-refractivity contribution in [2.24, 2.45) is 0 Å². The van der Waals surface area contributed by atoms with Crippen LogP contribution >= 0.6 is 15.9 Å². The third-order valence-electron chi connectivity index (χ3n) is 1.96. The highest BCUT2D eigenvalue weighted by atomic mass is 79.9. The van der Waals surface area contributed by atoms with Gasteiger partial charge in [-0.1, -0.05) is 15.9 Å². The molecule has 1 aromatic carbocycles. The number of carbonyl (C=O) groups excluding carboxylic acids is 1. The molecule has 1 unspecified atom stereocenters. The van der Waals surface area contributed by atoms with E-state index in [1.165, 1.54) is 0 Å². The van der Waals surface area contributed by atoms with Crippen molar-refractivity contribution < 1.29 is 9.53 Å². The number of ether oxygens (including phenoxy) is 1. The van der Waals surface area contributed by atoms with Crippen LogP contribution < -0.4 is 0 Å². The van der Waals surface area contributed by atoms with E-state index in [9.17, 15) is 4.79 Å². The molecule has 2 nitrogen and oxygen atoms in total. The zero-order chi connectivity index (χ0) is 8.72. The summed E-state index contributed by atoms with van der Waals surface area (Å²) in [7, 11) is 0. The minimum atomic E-state index is -0.218. The van der Waals surface area contributed by atoms with Gasteiger partial charge in [0.1, 0.15) is 6.10 Å². The Morgan fingerprint density at radius 3 is 3.00 bits per heavy atom. The predicted octanol–water partition coefficient (Wildman–Crippen LogP) is 2.68. The van der Waals surface area contributed by atoms with E-state index < -0.39 is 0 Å². The highest BCUT2D eigenvalue weighted by Crippen LogP contribution is 2.31. The number of esters is 1. The molecule has 0 saturated carbocycles. The summed E-state index contributed by atoms with van der Waals surface area (Å²) in [5, 5.41) is 0. The number of rotatable bonds is 0. The minimum absolute atomic E-state index is 0.106. The van der Waals surface area contributed by atoms with Gasteiger partial charge in [0.15, 0.2) is 0 Å². The Hall–Kier alpha value is -0.830. The van der Waals surface area contributed by atoms with E-state index in [2.05, 4.69) is 15.9 Å². The normalized spacial score (nSPS) is 20.5. The van der Waals surface area contributed by atoms with Crippen molar-refractivity contribution in [3.05, 3.63) is 33.8 Å². The lowest BCUT2D eigenvalue weighted by Gasteiger charge is -2.01. The van der Waals surface area contributed by atoms with Gasteiger partial charge in [-0.2, -0.15) is 0 Å². The fourth-order valence-electron chi connectivity index (χ4n) is 1.34. The summed E-state index contributed by atoms with van der Waals surface area (Å²) in [5.74, 6) is -0.218. The third kappa shape index (κ3) is 1.05. The van der Waals surface area contributed by atoms with Gasteiger partial charge < -0.3 is 4.74 Å². The zero-order valence-corrected chi connectivity index (χ0v) is 8.09. The van der Waals surface area contributed by atoms with Crippen LogP contribution in [0.4, 0.5) is 0 Å². The SMILES string of the molecule is CC1OC(=O)c2ccc(Br)cc21. The van der Waals surface area contributed by atoms with Gasteiger partial charge in [0.2, 0.25) is 0 Å². The number of fused-ring (bicyclic) bond motifs is 1. The Kier molecular flexibility index (Phi) is 1.68. The molecule has 1 aliphatic rings. The molecule has 3 heteroatoms. The van der Waals surface area contributed by atoms with Crippen LogP contribution in [0.15, 0.2) is 22.7 Å². The maximum Gasteiger partial charge on any atom is 0.339 e. The van der Waals surface area contributed by atoms with Crippen molar-refractivity contribution >= 4 is 21.9 Å². The van der Waals surface area contributed by atoms with E-state index in [1.807, 2.05) is 19.1 Å². The lowest BCUT2D eigenvalue weighted by atomic mass is 10.1. The fourth-order valence-corrected chi connectivity index (χ4v) is 1.72. The van der Waals surface area contributed by atoms with Crippen molar-refractivity contribution in [2.75, 3.05) is 0 Å². The maximum atomic E-state index is 11.1. The van der Waals surface area contributed by atoms with Gasteiger partial charge in [-0.15, -0.1) is 0 Å².